The molecule has 0 N–H and O–H groups in total. The Kier molecular flexibility index (Phi) is 11.4. The summed E-state index contributed by atoms with van der Waals surface area (Å²) in [6, 6.07) is 3.17. The van der Waals surface area contributed by atoms with Gasteiger partial charge >= 0.3 is 7.54 Å². The molecular weight excluding hydrogens is 319 g/mol. The van der Waals surface area contributed by atoms with Crippen LogP contribution in [0.2, 0.25) is 0 Å². The molecule has 0 bridgehead atoms. The normalized spacial score (nSPS) is 29.0. The van der Waals surface area contributed by atoms with Gasteiger partial charge < -0.3 is 4.70 Å². The van der Waals surface area contributed by atoms with Crippen molar-refractivity contribution in [2.24, 2.45) is 0 Å². The molecule has 2 aliphatic heterocycles. The van der Waals surface area contributed by atoms with Crippen LogP contribution in [0, 0.1) is 0 Å². The lowest BCUT2D eigenvalue weighted by atomic mass is 10.1. The molecule has 0 saturated carbocycles. The van der Waals surface area contributed by atoms with Crippen LogP contribution in [0.4, 0.5) is 12.9 Å². The van der Waals surface area contributed by atoms with E-state index in [2.05, 4.69) is 43.5 Å². The molecule has 2 aliphatic rings. The van der Waals surface area contributed by atoms with E-state index in [0.717, 1.165) is 24.2 Å². The second-order valence-electron chi connectivity index (χ2n) is 6.66. The molecule has 4 unspecified atom stereocenters. The predicted molar refractivity (Wildman–Crippen MR) is 92.0 cm³/mol. The highest BCUT2D eigenvalue weighted by Gasteiger charge is 2.38. The summed E-state index contributed by atoms with van der Waals surface area (Å²) < 4.78 is 31.7. The molecule has 0 aliphatic carbocycles. The highest BCUT2D eigenvalue weighted by atomic mass is 19.4. The maximum absolute atomic E-state index is 9.67. The molecule has 2 rings (SSSR count). The van der Waals surface area contributed by atoms with E-state index in [-0.39, 0.29) is 4.70 Å². The quantitative estimate of drug-likeness (QED) is 0.317. The van der Waals surface area contributed by atoms with Crippen molar-refractivity contribution in [3.8, 4) is 0 Å². The van der Waals surface area contributed by atoms with E-state index < -0.39 is 7.54 Å². The standard InChI is InChI=1S/C17H33N2.BF3.FH/c1-5-14-9-10-15(6-2)18(14)13-19-16(7-3)11-12-17(19)8-4;2-1(3)4;/h13-17H,5-12H2,1-4H3;;1H/q+1;;/p-1. The first-order valence-electron chi connectivity index (χ1n) is 9.30. The van der Waals surface area contributed by atoms with Crippen LogP contribution in [0.1, 0.15) is 79.1 Å². The molecule has 2 nitrogen and oxygen atoms in total. The lowest BCUT2D eigenvalue weighted by molar-refractivity contribution is -0.579. The van der Waals surface area contributed by atoms with E-state index >= 15 is 0 Å². The number of rotatable bonds is 5. The molecule has 0 aromatic heterocycles. The number of hydrogen-bond donors (Lipinski definition) is 0. The summed E-state index contributed by atoms with van der Waals surface area (Å²) in [4.78, 5) is 2.72. The maximum atomic E-state index is 9.67. The summed E-state index contributed by atoms with van der Waals surface area (Å²) in [5.74, 6) is 0. The molecule has 24 heavy (non-hydrogen) atoms. The summed E-state index contributed by atoms with van der Waals surface area (Å²) in [5, 5.41) is 0. The third kappa shape index (κ3) is 6.28. The van der Waals surface area contributed by atoms with Gasteiger partial charge in [0.1, 0.15) is 0 Å². The molecule has 0 radical (unpaired) electrons. The highest BCUT2D eigenvalue weighted by molar-refractivity contribution is 6.33. The smallest absolute Gasteiger partial charge is 0.762 e. The van der Waals surface area contributed by atoms with Crippen LogP contribution in [-0.4, -0.2) is 47.5 Å². The average Bonchev–Trinajstić information content (AvgIpc) is 3.10. The first-order chi connectivity index (χ1) is 11.0. The number of likely N-dealkylation sites (tertiary alicyclic amines) is 1. The van der Waals surface area contributed by atoms with Crippen LogP contribution in [0.3, 0.4) is 0 Å². The fourth-order valence-corrected chi connectivity index (χ4v) is 4.15. The van der Waals surface area contributed by atoms with Gasteiger partial charge in [0.2, 0.25) is 6.34 Å². The van der Waals surface area contributed by atoms with Gasteiger partial charge in [-0.1, -0.05) is 27.7 Å². The average molecular weight is 352 g/mol. The van der Waals surface area contributed by atoms with Crippen molar-refractivity contribution in [3.05, 3.63) is 0 Å². The van der Waals surface area contributed by atoms with Crippen molar-refractivity contribution >= 4 is 13.9 Å². The van der Waals surface area contributed by atoms with Crippen LogP contribution in [0.5, 0.6) is 0 Å². The first kappa shape index (κ1) is 23.3. The summed E-state index contributed by atoms with van der Waals surface area (Å²) >= 11 is 0. The van der Waals surface area contributed by atoms with Gasteiger partial charge in [-0.15, -0.1) is 0 Å². The van der Waals surface area contributed by atoms with E-state index in [4.69, 9.17) is 0 Å². The lowest BCUT2D eigenvalue weighted by Crippen LogP contribution is -3.00. The Hall–Kier alpha value is -0.745. The molecule has 2 heterocycles. The van der Waals surface area contributed by atoms with Gasteiger partial charge in [0.25, 0.3) is 0 Å². The largest absolute Gasteiger partial charge is 1.00 e. The fourth-order valence-electron chi connectivity index (χ4n) is 4.15. The lowest BCUT2D eigenvalue weighted by Gasteiger charge is -2.24. The van der Waals surface area contributed by atoms with Gasteiger partial charge in [-0.05, 0) is 51.4 Å². The maximum Gasteiger partial charge on any atom is 0.762 e. The molecule has 142 valence electrons. The summed E-state index contributed by atoms with van der Waals surface area (Å²) in [6.45, 7) is 9.40. The van der Waals surface area contributed by atoms with Gasteiger partial charge in [0, 0.05) is 0 Å². The molecule has 0 amide bonds. The Bertz CT molecular complexity index is 340. The van der Waals surface area contributed by atoms with Crippen molar-refractivity contribution in [3.63, 3.8) is 0 Å². The van der Waals surface area contributed by atoms with Crippen molar-refractivity contribution < 1.29 is 22.2 Å². The van der Waals surface area contributed by atoms with E-state index in [1.54, 1.807) is 0 Å². The van der Waals surface area contributed by atoms with Crippen molar-refractivity contribution in [1.82, 2.24) is 4.90 Å². The molecule has 4 atom stereocenters. The fraction of sp³-hybridized carbons (Fsp3) is 0.941. The van der Waals surface area contributed by atoms with E-state index in [0.29, 0.717) is 0 Å². The summed E-state index contributed by atoms with van der Waals surface area (Å²) in [5.41, 5.74) is 0. The summed E-state index contributed by atoms with van der Waals surface area (Å²) in [7, 11) is -3.67. The summed E-state index contributed by atoms with van der Waals surface area (Å²) in [6.07, 6.45) is 13.3. The van der Waals surface area contributed by atoms with E-state index in [1.165, 1.54) is 51.4 Å². The second kappa shape index (κ2) is 11.7. The van der Waals surface area contributed by atoms with Gasteiger partial charge in [-0.25, -0.2) is 0 Å². The Balaban J connectivity index is 0.000000954. The minimum Gasteiger partial charge on any atom is -1.00 e. The number of nitrogens with zero attached hydrogens (tertiary/aromatic N) is 2. The molecule has 0 spiro atoms. The van der Waals surface area contributed by atoms with E-state index in [1.807, 2.05) is 0 Å². The third-order valence-corrected chi connectivity index (χ3v) is 5.50. The Morgan fingerprint density at radius 3 is 1.50 bits per heavy atom. The second-order valence-corrected chi connectivity index (χ2v) is 6.66. The zero-order valence-corrected chi connectivity index (χ0v) is 15.5. The highest BCUT2D eigenvalue weighted by Crippen LogP contribution is 2.29. The molecule has 7 heteroatoms. The van der Waals surface area contributed by atoms with Crippen LogP contribution >= 0.6 is 0 Å². The first-order valence-corrected chi connectivity index (χ1v) is 9.30. The molecule has 0 aromatic rings. The van der Waals surface area contributed by atoms with Crippen molar-refractivity contribution in [2.75, 3.05) is 0 Å². The monoisotopic (exact) mass is 352 g/mol. The van der Waals surface area contributed by atoms with Crippen molar-refractivity contribution in [1.29, 1.82) is 0 Å². The van der Waals surface area contributed by atoms with Gasteiger partial charge in [0.15, 0.2) is 0 Å². The number of hydrogen-bond acceptors (Lipinski definition) is 0. The van der Waals surface area contributed by atoms with Gasteiger partial charge in [-0.2, -0.15) is 0 Å². The number of halogens is 4. The molecule has 0 aromatic carbocycles. The van der Waals surface area contributed by atoms with Crippen LogP contribution < -0.4 is 4.70 Å². The van der Waals surface area contributed by atoms with Gasteiger partial charge in [-0.3, -0.25) is 22.4 Å². The molecule has 2 fully saturated rings. The van der Waals surface area contributed by atoms with Crippen molar-refractivity contribution in [2.45, 2.75) is 103 Å². The van der Waals surface area contributed by atoms with E-state index in [9.17, 15) is 12.9 Å². The van der Waals surface area contributed by atoms with Crippen LogP contribution in [-0.2, 0) is 0 Å². The Morgan fingerprint density at radius 1 is 0.833 bits per heavy atom. The Morgan fingerprint density at radius 2 is 1.21 bits per heavy atom. The topological polar surface area (TPSA) is 6.25 Å². The van der Waals surface area contributed by atoms with Crippen LogP contribution in [0.25, 0.3) is 0 Å². The minimum absolute atomic E-state index is 0. The molecule has 2 saturated heterocycles. The minimum atomic E-state index is -3.67. The predicted octanol–water partition coefficient (Wildman–Crippen LogP) is 1.92. The third-order valence-electron chi connectivity index (χ3n) is 5.50. The zero-order valence-electron chi connectivity index (χ0n) is 15.5. The SMILES string of the molecule is CCC1CCC(CC)N1C=[N+]1C(CC)CCC1CC.FB(F)F.[F-]. The molecular formula is C17H33BF4N2. The van der Waals surface area contributed by atoms with Crippen LogP contribution in [0.15, 0.2) is 0 Å². The van der Waals surface area contributed by atoms with Gasteiger partial charge in [0.05, 0.1) is 24.2 Å². The zero-order chi connectivity index (χ0) is 17.4. The Labute approximate surface area is 145 Å².